The van der Waals surface area contributed by atoms with E-state index in [0.717, 1.165) is 23.3 Å². The Kier molecular flexibility index (Phi) is 4.15. The second-order valence-corrected chi connectivity index (χ2v) is 7.09. The molecule has 1 spiro atoms. The Bertz CT molecular complexity index is 775. The molecule has 2 heterocycles. The molecule has 2 N–H and O–H groups in total. The lowest BCUT2D eigenvalue weighted by Crippen LogP contribution is -2.44. The Hall–Kier alpha value is -2.47. The number of benzene rings is 1. The first-order chi connectivity index (χ1) is 12.6. The zero-order valence-electron chi connectivity index (χ0n) is 14.9. The van der Waals surface area contributed by atoms with E-state index in [1.165, 1.54) is 0 Å². The molecule has 0 saturated heterocycles. The molecule has 26 heavy (non-hydrogen) atoms. The van der Waals surface area contributed by atoms with Gasteiger partial charge in [-0.05, 0) is 18.1 Å². The van der Waals surface area contributed by atoms with Crippen molar-refractivity contribution in [3.8, 4) is 11.5 Å². The number of nitrogens with one attached hydrogen (secondary N) is 1. The average Bonchev–Trinajstić information content (AvgIpc) is 2.87. The third-order valence-electron chi connectivity index (χ3n) is 5.64. The van der Waals surface area contributed by atoms with Gasteiger partial charge in [0.15, 0.2) is 11.5 Å². The number of aliphatic hydroxyl groups is 1. The lowest BCUT2D eigenvalue weighted by molar-refractivity contribution is 0.0821. The van der Waals surface area contributed by atoms with Crippen LogP contribution in [0.2, 0.25) is 0 Å². The van der Waals surface area contributed by atoms with E-state index in [4.69, 9.17) is 9.47 Å². The SMILES string of the molecule is C=CCNC(=O)N1CCC23C=CC(O)CC2Oc2c(OC)ccc(c23)C1. The second-order valence-electron chi connectivity index (χ2n) is 7.09. The monoisotopic (exact) mass is 356 g/mol. The van der Waals surface area contributed by atoms with Crippen LogP contribution in [0.1, 0.15) is 24.0 Å². The fourth-order valence-electron chi connectivity index (χ4n) is 4.38. The Morgan fingerprint density at radius 2 is 2.42 bits per heavy atom. The molecular weight excluding hydrogens is 332 g/mol. The fourth-order valence-corrected chi connectivity index (χ4v) is 4.38. The highest BCUT2D eigenvalue weighted by atomic mass is 16.5. The average molecular weight is 356 g/mol. The van der Waals surface area contributed by atoms with Crippen molar-refractivity contribution in [3.63, 3.8) is 0 Å². The Balaban J connectivity index is 1.78. The van der Waals surface area contributed by atoms with Crippen molar-refractivity contribution in [1.29, 1.82) is 0 Å². The fraction of sp³-hybridized carbons (Fsp3) is 0.450. The maximum Gasteiger partial charge on any atom is 0.317 e. The predicted molar refractivity (Wildman–Crippen MR) is 97.5 cm³/mol. The van der Waals surface area contributed by atoms with Crippen molar-refractivity contribution in [2.45, 2.75) is 37.0 Å². The van der Waals surface area contributed by atoms with Gasteiger partial charge in [-0.1, -0.05) is 24.3 Å². The molecule has 1 aliphatic carbocycles. The molecule has 0 bridgehead atoms. The van der Waals surface area contributed by atoms with Crippen LogP contribution in [0.4, 0.5) is 4.79 Å². The number of aliphatic hydroxyl groups excluding tert-OH is 1. The Morgan fingerprint density at radius 1 is 1.58 bits per heavy atom. The van der Waals surface area contributed by atoms with Crippen LogP contribution in [0.5, 0.6) is 11.5 Å². The number of methoxy groups -OCH3 is 1. The summed E-state index contributed by atoms with van der Waals surface area (Å²) in [6.45, 7) is 5.22. The van der Waals surface area contributed by atoms with Crippen molar-refractivity contribution in [2.75, 3.05) is 20.2 Å². The van der Waals surface area contributed by atoms with Gasteiger partial charge in [-0.3, -0.25) is 0 Å². The first-order valence-corrected chi connectivity index (χ1v) is 8.97. The minimum Gasteiger partial charge on any atom is -0.493 e. The summed E-state index contributed by atoms with van der Waals surface area (Å²) < 4.78 is 11.8. The van der Waals surface area contributed by atoms with E-state index in [1.54, 1.807) is 13.2 Å². The lowest BCUT2D eigenvalue weighted by Gasteiger charge is -2.35. The predicted octanol–water partition coefficient (Wildman–Crippen LogP) is 2.12. The number of rotatable bonds is 3. The van der Waals surface area contributed by atoms with Gasteiger partial charge in [-0.2, -0.15) is 0 Å². The summed E-state index contributed by atoms with van der Waals surface area (Å²) in [6, 6.07) is 3.82. The van der Waals surface area contributed by atoms with E-state index >= 15 is 0 Å². The number of hydrogen-bond donors (Lipinski definition) is 2. The summed E-state index contributed by atoms with van der Waals surface area (Å²) in [5.41, 5.74) is 1.84. The van der Waals surface area contributed by atoms with Crippen LogP contribution in [-0.4, -0.2) is 48.4 Å². The number of ether oxygens (including phenoxy) is 2. The Morgan fingerprint density at radius 3 is 3.19 bits per heavy atom. The number of carbonyl (C=O) groups excluding carboxylic acids is 1. The highest BCUT2D eigenvalue weighted by Gasteiger charge is 2.53. The van der Waals surface area contributed by atoms with Crippen LogP contribution in [-0.2, 0) is 12.0 Å². The summed E-state index contributed by atoms with van der Waals surface area (Å²) in [6.07, 6.45) is 6.23. The molecule has 138 valence electrons. The topological polar surface area (TPSA) is 71.0 Å². The van der Waals surface area contributed by atoms with Gasteiger partial charge in [0.25, 0.3) is 0 Å². The van der Waals surface area contributed by atoms with E-state index in [1.807, 2.05) is 23.1 Å². The molecular formula is C20H24N2O4. The molecule has 1 aromatic rings. The minimum atomic E-state index is -0.510. The van der Waals surface area contributed by atoms with Crippen LogP contribution in [0.15, 0.2) is 36.9 Å². The van der Waals surface area contributed by atoms with E-state index in [-0.39, 0.29) is 17.6 Å². The van der Waals surface area contributed by atoms with Crippen molar-refractivity contribution >= 4 is 6.03 Å². The van der Waals surface area contributed by atoms with E-state index in [2.05, 4.69) is 18.0 Å². The van der Waals surface area contributed by atoms with Gasteiger partial charge in [0, 0.05) is 31.6 Å². The molecule has 6 nitrogen and oxygen atoms in total. The Labute approximate surface area is 153 Å². The molecule has 0 radical (unpaired) electrons. The van der Waals surface area contributed by atoms with Crippen LogP contribution in [0.25, 0.3) is 0 Å². The molecule has 3 unspecified atom stereocenters. The maximum atomic E-state index is 12.5. The maximum absolute atomic E-state index is 12.5. The van der Waals surface area contributed by atoms with Gasteiger partial charge in [0.2, 0.25) is 0 Å². The van der Waals surface area contributed by atoms with Gasteiger partial charge in [0.05, 0.1) is 18.6 Å². The highest BCUT2D eigenvalue weighted by molar-refractivity contribution is 5.75. The van der Waals surface area contributed by atoms with Crippen molar-refractivity contribution < 1.29 is 19.4 Å². The van der Waals surface area contributed by atoms with Crippen LogP contribution < -0.4 is 14.8 Å². The quantitative estimate of drug-likeness (QED) is 0.814. The van der Waals surface area contributed by atoms with Crippen molar-refractivity contribution in [1.82, 2.24) is 10.2 Å². The number of carbonyl (C=O) groups is 1. The summed E-state index contributed by atoms with van der Waals surface area (Å²) in [5, 5.41) is 12.9. The summed E-state index contributed by atoms with van der Waals surface area (Å²) in [5.74, 6) is 1.45. The molecule has 2 amide bonds. The molecule has 2 aliphatic heterocycles. The van der Waals surface area contributed by atoms with E-state index in [0.29, 0.717) is 31.8 Å². The molecule has 0 saturated carbocycles. The van der Waals surface area contributed by atoms with Crippen molar-refractivity contribution in [3.05, 3.63) is 48.1 Å². The number of nitrogens with zero attached hydrogens (tertiary/aromatic N) is 1. The highest BCUT2D eigenvalue weighted by Crippen LogP contribution is 2.55. The first kappa shape index (κ1) is 17.0. The summed E-state index contributed by atoms with van der Waals surface area (Å²) >= 11 is 0. The second kappa shape index (κ2) is 6.36. The largest absolute Gasteiger partial charge is 0.493 e. The number of hydrogen-bond acceptors (Lipinski definition) is 4. The van der Waals surface area contributed by atoms with E-state index in [9.17, 15) is 9.90 Å². The molecule has 3 aliphatic rings. The van der Waals surface area contributed by atoms with E-state index < -0.39 is 6.10 Å². The van der Waals surface area contributed by atoms with Crippen LogP contribution in [0.3, 0.4) is 0 Å². The van der Waals surface area contributed by atoms with Gasteiger partial charge in [-0.25, -0.2) is 4.79 Å². The first-order valence-electron chi connectivity index (χ1n) is 8.97. The number of amides is 2. The van der Waals surface area contributed by atoms with Crippen molar-refractivity contribution in [2.24, 2.45) is 0 Å². The molecule has 1 aromatic carbocycles. The van der Waals surface area contributed by atoms with Gasteiger partial charge < -0.3 is 24.8 Å². The molecule has 0 aromatic heterocycles. The number of urea groups is 1. The molecule has 3 atom stereocenters. The molecule has 4 rings (SSSR count). The van der Waals surface area contributed by atoms with Gasteiger partial charge in [0.1, 0.15) is 6.10 Å². The molecule has 0 fully saturated rings. The summed E-state index contributed by atoms with van der Waals surface area (Å²) in [4.78, 5) is 14.3. The zero-order chi connectivity index (χ0) is 18.3. The third kappa shape index (κ3) is 2.48. The van der Waals surface area contributed by atoms with Crippen LogP contribution in [0, 0.1) is 0 Å². The van der Waals surface area contributed by atoms with Gasteiger partial charge >= 0.3 is 6.03 Å². The third-order valence-corrected chi connectivity index (χ3v) is 5.64. The normalized spacial score (nSPS) is 28.5. The molecule has 6 heteroatoms. The van der Waals surface area contributed by atoms with Gasteiger partial charge in [-0.15, -0.1) is 6.58 Å². The standard InChI is InChI=1S/C20H24N2O4/c1-3-9-21-19(24)22-10-8-20-7-6-14(23)11-16(20)26-18-15(25-2)5-4-13(12-22)17(18)20/h3-7,14,16,23H,1,8-12H2,2H3,(H,21,24). The summed E-state index contributed by atoms with van der Waals surface area (Å²) in [7, 11) is 1.63. The smallest absolute Gasteiger partial charge is 0.317 e. The van der Waals surface area contributed by atoms with Crippen LogP contribution >= 0.6 is 0 Å². The minimum absolute atomic E-state index is 0.0943. The zero-order valence-corrected chi connectivity index (χ0v) is 14.9. The lowest BCUT2D eigenvalue weighted by atomic mass is 9.69.